The number of allylic oxidation sites excluding steroid dienone is 1. The van der Waals surface area contributed by atoms with Crippen LogP contribution in [0.3, 0.4) is 0 Å². The van der Waals surface area contributed by atoms with E-state index >= 15 is 0 Å². The summed E-state index contributed by atoms with van der Waals surface area (Å²) in [5.41, 5.74) is 0.233. The Morgan fingerprint density at radius 1 is 1.44 bits per heavy atom. The fourth-order valence-corrected chi connectivity index (χ4v) is 1.44. The summed E-state index contributed by atoms with van der Waals surface area (Å²) >= 11 is 2.89. The zero-order valence-corrected chi connectivity index (χ0v) is 9.43. The van der Waals surface area contributed by atoms with E-state index in [1.807, 2.05) is 0 Å². The third-order valence-electron chi connectivity index (χ3n) is 1.63. The highest BCUT2D eigenvalue weighted by Crippen LogP contribution is 2.31. The van der Waals surface area contributed by atoms with Crippen molar-refractivity contribution >= 4 is 21.7 Å². The predicted molar refractivity (Wildman–Crippen MR) is 55.4 cm³/mol. The second-order valence-corrected chi connectivity index (χ2v) is 3.62. The van der Waals surface area contributed by atoms with Gasteiger partial charge in [0.05, 0.1) is 4.47 Å². The Morgan fingerprint density at radius 2 is 2.06 bits per heavy atom. The van der Waals surface area contributed by atoms with Crippen molar-refractivity contribution in [3.63, 3.8) is 0 Å². The summed E-state index contributed by atoms with van der Waals surface area (Å²) in [6.07, 6.45) is -3.68. The zero-order chi connectivity index (χ0) is 12.3. The molecule has 16 heavy (non-hydrogen) atoms. The normalized spacial score (nSPS) is 11.0. The van der Waals surface area contributed by atoms with Gasteiger partial charge in [-0.1, -0.05) is 6.58 Å². The zero-order valence-electron chi connectivity index (χ0n) is 7.84. The molecular formula is C10H6BrF3O2. The molecule has 0 radical (unpaired) electrons. The molecule has 0 aliphatic heterocycles. The molecule has 0 atom stereocenters. The Balaban J connectivity index is 3.00. The fraction of sp³-hybridized carbons (Fsp3) is 0.100. The summed E-state index contributed by atoms with van der Waals surface area (Å²) in [6.45, 7) is 3.27. The number of rotatable bonds is 3. The minimum atomic E-state index is -4.76. The lowest BCUT2D eigenvalue weighted by atomic mass is 10.1. The van der Waals surface area contributed by atoms with E-state index in [9.17, 15) is 18.0 Å². The van der Waals surface area contributed by atoms with Crippen molar-refractivity contribution in [1.82, 2.24) is 0 Å². The van der Waals surface area contributed by atoms with Gasteiger partial charge >= 0.3 is 6.36 Å². The topological polar surface area (TPSA) is 26.3 Å². The molecule has 0 heterocycles. The lowest BCUT2D eigenvalue weighted by molar-refractivity contribution is -0.274. The van der Waals surface area contributed by atoms with Gasteiger partial charge in [-0.05, 0) is 40.2 Å². The molecule has 0 saturated heterocycles. The SMILES string of the molecule is C=CC(=O)c1ccc(OC(F)(F)F)c(Br)c1. The monoisotopic (exact) mass is 294 g/mol. The van der Waals surface area contributed by atoms with Crippen LogP contribution in [0.2, 0.25) is 0 Å². The van der Waals surface area contributed by atoms with E-state index in [4.69, 9.17) is 0 Å². The number of ketones is 1. The Kier molecular flexibility index (Phi) is 3.74. The van der Waals surface area contributed by atoms with Gasteiger partial charge in [0.2, 0.25) is 0 Å². The van der Waals surface area contributed by atoms with Crippen LogP contribution in [0, 0.1) is 0 Å². The van der Waals surface area contributed by atoms with Crippen LogP contribution in [0.25, 0.3) is 0 Å². The Morgan fingerprint density at radius 3 is 2.50 bits per heavy atom. The molecule has 0 aliphatic carbocycles. The largest absolute Gasteiger partial charge is 0.573 e. The van der Waals surface area contributed by atoms with Crippen molar-refractivity contribution in [2.24, 2.45) is 0 Å². The molecule has 0 saturated carbocycles. The van der Waals surface area contributed by atoms with Crippen LogP contribution in [0.1, 0.15) is 10.4 Å². The van der Waals surface area contributed by atoms with Crippen LogP contribution in [-0.2, 0) is 0 Å². The highest BCUT2D eigenvalue weighted by Gasteiger charge is 2.32. The summed E-state index contributed by atoms with van der Waals surface area (Å²) in [5, 5.41) is 0. The van der Waals surface area contributed by atoms with Crippen molar-refractivity contribution in [2.45, 2.75) is 6.36 Å². The van der Waals surface area contributed by atoms with Crippen LogP contribution in [0.15, 0.2) is 35.3 Å². The molecule has 0 N–H and O–H groups in total. The van der Waals surface area contributed by atoms with Crippen LogP contribution < -0.4 is 4.74 Å². The van der Waals surface area contributed by atoms with Gasteiger partial charge in [-0.15, -0.1) is 13.2 Å². The predicted octanol–water partition coefficient (Wildman–Crippen LogP) is 3.72. The molecule has 0 fully saturated rings. The molecule has 0 bridgehead atoms. The van der Waals surface area contributed by atoms with Gasteiger partial charge in [0, 0.05) is 5.56 Å². The number of hydrogen-bond acceptors (Lipinski definition) is 2. The highest BCUT2D eigenvalue weighted by atomic mass is 79.9. The molecule has 86 valence electrons. The average molecular weight is 295 g/mol. The van der Waals surface area contributed by atoms with Crippen LogP contribution in [0.4, 0.5) is 13.2 Å². The van der Waals surface area contributed by atoms with Gasteiger partial charge in [0.1, 0.15) is 5.75 Å². The smallest absolute Gasteiger partial charge is 0.405 e. The number of halogens is 4. The minimum absolute atomic E-state index is 0.0533. The maximum atomic E-state index is 11.9. The molecule has 1 aromatic rings. The summed E-state index contributed by atoms with van der Waals surface area (Å²) in [5.74, 6) is -0.771. The van der Waals surface area contributed by atoms with Gasteiger partial charge in [-0.25, -0.2) is 0 Å². The molecule has 1 aromatic carbocycles. The van der Waals surface area contributed by atoms with Gasteiger partial charge < -0.3 is 4.74 Å². The van der Waals surface area contributed by atoms with Crippen LogP contribution in [-0.4, -0.2) is 12.1 Å². The number of alkyl halides is 3. The van der Waals surface area contributed by atoms with E-state index in [0.717, 1.165) is 12.1 Å². The summed E-state index contributed by atoms with van der Waals surface area (Å²) in [6, 6.07) is 3.54. The summed E-state index contributed by atoms with van der Waals surface area (Å²) < 4.78 is 39.5. The van der Waals surface area contributed by atoms with Crippen LogP contribution in [0.5, 0.6) is 5.75 Å². The number of carbonyl (C=O) groups excluding carboxylic acids is 1. The maximum absolute atomic E-state index is 11.9. The molecule has 1 rings (SSSR count). The number of hydrogen-bond donors (Lipinski definition) is 0. The van der Waals surface area contributed by atoms with Crippen molar-refractivity contribution in [3.05, 3.63) is 40.9 Å². The standard InChI is InChI=1S/C10H6BrF3O2/c1-2-8(15)6-3-4-9(7(11)5-6)16-10(12,13)14/h2-5H,1H2. The third kappa shape index (κ3) is 3.37. The number of carbonyl (C=O) groups is 1. The van der Waals surface area contributed by atoms with Crippen molar-refractivity contribution in [3.8, 4) is 5.75 Å². The quantitative estimate of drug-likeness (QED) is 0.627. The van der Waals surface area contributed by atoms with Gasteiger partial charge in [-0.3, -0.25) is 4.79 Å². The lowest BCUT2D eigenvalue weighted by Gasteiger charge is -2.10. The third-order valence-corrected chi connectivity index (χ3v) is 2.25. The first-order chi connectivity index (χ1) is 7.33. The van der Waals surface area contributed by atoms with E-state index in [1.54, 1.807) is 0 Å². The van der Waals surface area contributed by atoms with Gasteiger partial charge in [-0.2, -0.15) is 0 Å². The molecule has 0 aromatic heterocycles. The molecule has 0 spiro atoms. The molecule has 0 aliphatic rings. The first-order valence-corrected chi connectivity index (χ1v) is 4.85. The molecular weight excluding hydrogens is 289 g/mol. The van der Waals surface area contributed by atoms with E-state index in [2.05, 4.69) is 27.2 Å². The van der Waals surface area contributed by atoms with E-state index in [0.29, 0.717) is 0 Å². The molecule has 6 heteroatoms. The first kappa shape index (κ1) is 12.8. The summed E-state index contributed by atoms with van der Waals surface area (Å²) in [4.78, 5) is 11.2. The van der Waals surface area contributed by atoms with Crippen molar-refractivity contribution < 1.29 is 22.7 Å². The average Bonchev–Trinajstić information content (AvgIpc) is 2.18. The fourth-order valence-electron chi connectivity index (χ4n) is 0.979. The van der Waals surface area contributed by atoms with Gasteiger partial charge in [0.25, 0.3) is 0 Å². The molecule has 0 unspecified atom stereocenters. The second-order valence-electron chi connectivity index (χ2n) is 2.76. The lowest BCUT2D eigenvalue weighted by Crippen LogP contribution is -2.17. The van der Waals surface area contributed by atoms with Gasteiger partial charge in [0.15, 0.2) is 5.78 Å². The molecule has 2 nitrogen and oxygen atoms in total. The second kappa shape index (κ2) is 4.69. The highest BCUT2D eigenvalue weighted by molar-refractivity contribution is 9.10. The Labute approximate surface area is 97.8 Å². The number of ether oxygens (including phenoxy) is 1. The Bertz CT molecular complexity index is 427. The Hall–Kier alpha value is -1.30. The summed E-state index contributed by atoms with van der Waals surface area (Å²) in [7, 11) is 0. The number of benzene rings is 1. The molecule has 0 amide bonds. The van der Waals surface area contributed by atoms with Crippen molar-refractivity contribution in [2.75, 3.05) is 0 Å². The maximum Gasteiger partial charge on any atom is 0.573 e. The first-order valence-electron chi connectivity index (χ1n) is 4.05. The minimum Gasteiger partial charge on any atom is -0.405 e. The van der Waals surface area contributed by atoms with E-state index < -0.39 is 12.1 Å². The van der Waals surface area contributed by atoms with Crippen LogP contribution >= 0.6 is 15.9 Å². The van der Waals surface area contributed by atoms with E-state index in [1.165, 1.54) is 12.1 Å². The van der Waals surface area contributed by atoms with Crippen molar-refractivity contribution in [1.29, 1.82) is 0 Å². The van der Waals surface area contributed by atoms with E-state index in [-0.39, 0.29) is 15.8 Å².